The van der Waals surface area contributed by atoms with E-state index in [1.807, 2.05) is 41.8 Å². The molecule has 2 saturated carbocycles. The van der Waals surface area contributed by atoms with Gasteiger partial charge in [0, 0.05) is 45.8 Å². The molecule has 2 aliphatic carbocycles. The summed E-state index contributed by atoms with van der Waals surface area (Å²) in [6.45, 7) is 0. The highest BCUT2D eigenvalue weighted by molar-refractivity contribution is 5.97. The number of nitrogens with two attached hydrogens (primary N) is 1. The topological polar surface area (TPSA) is 96.5 Å². The molecule has 0 aliphatic heterocycles. The fourth-order valence-corrected chi connectivity index (χ4v) is 4.92. The zero-order valence-corrected chi connectivity index (χ0v) is 19.7. The van der Waals surface area contributed by atoms with Gasteiger partial charge in [-0.2, -0.15) is 0 Å². The number of anilines is 1. The molecule has 1 heterocycles. The Balaban J connectivity index is 1.37. The number of aromatic nitrogens is 2. The Morgan fingerprint density at radius 3 is 2.41 bits per heavy atom. The van der Waals surface area contributed by atoms with Crippen LogP contribution in [-0.4, -0.2) is 70.4 Å². The number of amides is 2. The van der Waals surface area contributed by atoms with Gasteiger partial charge in [-0.25, -0.2) is 4.98 Å². The third-order valence-electron chi connectivity index (χ3n) is 7.40. The van der Waals surface area contributed by atoms with E-state index in [1.54, 1.807) is 19.0 Å². The molecule has 8 nitrogen and oxygen atoms in total. The van der Waals surface area contributed by atoms with Gasteiger partial charge in [0.2, 0.25) is 11.9 Å². The molecule has 174 valence electrons. The van der Waals surface area contributed by atoms with Crippen LogP contribution in [0.2, 0.25) is 0 Å². The van der Waals surface area contributed by atoms with E-state index in [2.05, 4.69) is 5.32 Å². The third-order valence-corrected chi connectivity index (χ3v) is 7.40. The minimum absolute atomic E-state index is 0.0285. The molecule has 2 fully saturated rings. The van der Waals surface area contributed by atoms with Gasteiger partial charge in [0.15, 0.2) is 0 Å². The van der Waals surface area contributed by atoms with Gasteiger partial charge < -0.3 is 25.4 Å². The highest BCUT2D eigenvalue weighted by Crippen LogP contribution is 2.31. The van der Waals surface area contributed by atoms with Crippen molar-refractivity contribution in [1.29, 1.82) is 0 Å². The van der Waals surface area contributed by atoms with Crippen LogP contribution >= 0.6 is 0 Å². The Hall–Kier alpha value is -2.61. The van der Waals surface area contributed by atoms with Crippen molar-refractivity contribution in [2.45, 2.75) is 63.1 Å². The summed E-state index contributed by atoms with van der Waals surface area (Å²) in [6, 6.07) is 5.94. The zero-order valence-electron chi connectivity index (χ0n) is 19.7. The van der Waals surface area contributed by atoms with E-state index in [0.717, 1.165) is 55.5 Å². The molecular formula is C24H36N6O2. The molecule has 3 N–H and O–H groups in total. The van der Waals surface area contributed by atoms with E-state index in [-0.39, 0.29) is 17.7 Å². The summed E-state index contributed by atoms with van der Waals surface area (Å²) in [4.78, 5) is 33.2. The van der Waals surface area contributed by atoms with Gasteiger partial charge in [-0.05, 0) is 69.1 Å². The number of carbonyl (C=O) groups is 2. The Morgan fingerprint density at radius 1 is 1.12 bits per heavy atom. The number of likely N-dealkylation sites (N-methyl/N-ethyl adjacent to an activating group) is 1. The fourth-order valence-electron chi connectivity index (χ4n) is 4.92. The molecule has 0 spiro atoms. The lowest BCUT2D eigenvalue weighted by Gasteiger charge is -2.39. The molecule has 2 aromatic rings. The van der Waals surface area contributed by atoms with Gasteiger partial charge in [0.1, 0.15) is 0 Å². The highest BCUT2D eigenvalue weighted by Gasteiger charge is 2.34. The monoisotopic (exact) mass is 440 g/mol. The van der Waals surface area contributed by atoms with E-state index in [4.69, 9.17) is 10.7 Å². The number of rotatable bonds is 6. The average Bonchev–Trinajstić information content (AvgIpc) is 3.05. The van der Waals surface area contributed by atoms with Crippen molar-refractivity contribution >= 4 is 28.8 Å². The third kappa shape index (κ3) is 4.33. The van der Waals surface area contributed by atoms with Crippen molar-refractivity contribution in [3.63, 3.8) is 0 Å². The first-order valence-electron chi connectivity index (χ1n) is 11.7. The summed E-state index contributed by atoms with van der Waals surface area (Å²) in [6.07, 6.45) is 7.23. The predicted octanol–water partition coefficient (Wildman–Crippen LogP) is 2.58. The minimum Gasteiger partial charge on any atom is -0.353 e. The van der Waals surface area contributed by atoms with Gasteiger partial charge in [-0.1, -0.05) is 0 Å². The maximum Gasteiger partial charge on any atom is 0.253 e. The number of imidazole rings is 1. The number of aryl methyl sites for hydroxylation is 1. The van der Waals surface area contributed by atoms with Crippen LogP contribution in [0, 0.1) is 5.92 Å². The molecule has 0 unspecified atom stereocenters. The van der Waals surface area contributed by atoms with Crippen LogP contribution < -0.4 is 11.1 Å². The number of carbonyl (C=O) groups excluding carboxylic acids is 2. The lowest BCUT2D eigenvalue weighted by molar-refractivity contribution is -0.136. The quantitative estimate of drug-likeness (QED) is 0.720. The number of benzene rings is 1. The van der Waals surface area contributed by atoms with Crippen LogP contribution in [0.25, 0.3) is 11.0 Å². The highest BCUT2D eigenvalue weighted by atomic mass is 16.2. The van der Waals surface area contributed by atoms with Gasteiger partial charge in [0.05, 0.1) is 17.1 Å². The largest absolute Gasteiger partial charge is 0.353 e. The molecule has 0 saturated heterocycles. The summed E-state index contributed by atoms with van der Waals surface area (Å²) >= 11 is 0. The van der Waals surface area contributed by atoms with Crippen molar-refractivity contribution in [1.82, 2.24) is 19.4 Å². The fraction of sp³-hybridized carbons (Fsp3) is 0.625. The van der Waals surface area contributed by atoms with Gasteiger partial charge in [-0.3, -0.25) is 9.59 Å². The van der Waals surface area contributed by atoms with Crippen molar-refractivity contribution in [2.75, 3.05) is 26.5 Å². The maximum absolute atomic E-state index is 12.8. The van der Waals surface area contributed by atoms with Crippen molar-refractivity contribution in [2.24, 2.45) is 18.7 Å². The first-order valence-corrected chi connectivity index (χ1v) is 11.7. The second kappa shape index (κ2) is 9.10. The second-order valence-corrected chi connectivity index (χ2v) is 9.71. The molecule has 8 heteroatoms. The van der Waals surface area contributed by atoms with Crippen LogP contribution in [0.15, 0.2) is 18.2 Å². The van der Waals surface area contributed by atoms with E-state index >= 15 is 0 Å². The first-order chi connectivity index (χ1) is 15.3. The number of nitrogens with one attached hydrogen (secondary N) is 1. The Bertz CT molecular complexity index is 988. The standard InChI is InChI=1S/C24H36N6O2/c1-28(2)22(31)16-10-13-20-19(14-16)27-24(30(20)4)26-17-11-8-15(9-12-17)21(25)23(32)29(3)18-6-5-7-18/h10,13-15,17-18,21H,5-9,11-12,25H2,1-4H3,(H,26,27)/t15?,17?,21-/m0/s1. The number of hydrogen-bond donors (Lipinski definition) is 2. The molecule has 0 bridgehead atoms. The van der Waals surface area contributed by atoms with Crippen molar-refractivity contribution in [3.05, 3.63) is 23.8 Å². The normalized spacial score (nSPS) is 22.3. The van der Waals surface area contributed by atoms with Gasteiger partial charge in [-0.15, -0.1) is 0 Å². The Kier molecular flexibility index (Phi) is 6.42. The Morgan fingerprint density at radius 2 is 1.81 bits per heavy atom. The van der Waals surface area contributed by atoms with E-state index in [9.17, 15) is 9.59 Å². The predicted molar refractivity (Wildman–Crippen MR) is 126 cm³/mol. The molecule has 32 heavy (non-hydrogen) atoms. The zero-order chi connectivity index (χ0) is 23.0. The molecule has 0 radical (unpaired) electrons. The summed E-state index contributed by atoms with van der Waals surface area (Å²) in [5.74, 6) is 1.12. The molecule has 2 amide bonds. The van der Waals surface area contributed by atoms with Crippen LogP contribution in [0.4, 0.5) is 5.95 Å². The van der Waals surface area contributed by atoms with Crippen LogP contribution in [0.1, 0.15) is 55.3 Å². The number of fused-ring (bicyclic) bond motifs is 1. The van der Waals surface area contributed by atoms with Gasteiger partial charge in [0.25, 0.3) is 5.91 Å². The van der Waals surface area contributed by atoms with Crippen molar-refractivity contribution in [3.8, 4) is 0 Å². The summed E-state index contributed by atoms with van der Waals surface area (Å²) in [5.41, 5.74) is 8.82. The van der Waals surface area contributed by atoms with Crippen LogP contribution in [-0.2, 0) is 11.8 Å². The van der Waals surface area contributed by atoms with E-state index in [1.165, 1.54) is 6.42 Å². The molecule has 1 aromatic heterocycles. The average molecular weight is 441 g/mol. The molecule has 4 rings (SSSR count). The summed E-state index contributed by atoms with van der Waals surface area (Å²) < 4.78 is 2.04. The minimum atomic E-state index is -0.398. The number of hydrogen-bond acceptors (Lipinski definition) is 5. The molecule has 2 aliphatic rings. The second-order valence-electron chi connectivity index (χ2n) is 9.71. The number of nitrogens with zero attached hydrogens (tertiary/aromatic N) is 4. The Labute approximate surface area is 190 Å². The lowest BCUT2D eigenvalue weighted by Crippen LogP contribution is -2.52. The van der Waals surface area contributed by atoms with Crippen molar-refractivity contribution < 1.29 is 9.59 Å². The lowest BCUT2D eigenvalue weighted by atomic mass is 9.81. The molecule has 1 aromatic carbocycles. The SMILES string of the molecule is CN(C)C(=O)c1ccc2c(c1)nc(NC1CCC([C@H](N)C(=O)N(C)C3CCC3)CC1)n2C. The smallest absolute Gasteiger partial charge is 0.253 e. The molecular weight excluding hydrogens is 404 g/mol. The van der Waals surface area contributed by atoms with Crippen LogP contribution in [0.3, 0.4) is 0 Å². The maximum atomic E-state index is 12.8. The summed E-state index contributed by atoms with van der Waals surface area (Å²) in [5, 5.41) is 3.58. The van der Waals surface area contributed by atoms with Crippen LogP contribution in [0.5, 0.6) is 0 Å². The molecule has 1 atom stereocenters. The summed E-state index contributed by atoms with van der Waals surface area (Å²) in [7, 11) is 7.39. The van der Waals surface area contributed by atoms with E-state index in [0.29, 0.717) is 17.6 Å². The van der Waals surface area contributed by atoms with E-state index < -0.39 is 6.04 Å². The van der Waals surface area contributed by atoms with Gasteiger partial charge >= 0.3 is 0 Å². The first kappa shape index (κ1) is 22.6.